The number of carbonyl (C=O) groups is 1. The number of carbonyl (C=O) groups excluding carboxylic acids is 1. The fourth-order valence-corrected chi connectivity index (χ4v) is 4.32. The molecule has 0 heterocycles. The number of ether oxygens (including phenoxy) is 3. The maximum atomic E-state index is 12.8. The van der Waals surface area contributed by atoms with Crippen LogP contribution in [0.4, 0.5) is 0 Å². The molecule has 0 spiro atoms. The molecule has 2 N–H and O–H groups in total. The Bertz CT molecular complexity index is 1070. The second-order valence-electron chi connectivity index (χ2n) is 6.91. The lowest BCUT2D eigenvalue weighted by Gasteiger charge is -2.19. The number of hydrogen-bond acceptors (Lipinski definition) is 7. The van der Waals surface area contributed by atoms with Gasteiger partial charge in [-0.25, -0.2) is 0 Å². The van der Waals surface area contributed by atoms with Crippen LogP contribution in [0.3, 0.4) is 0 Å². The molecule has 0 radical (unpaired) electrons. The number of rotatable bonds is 7. The summed E-state index contributed by atoms with van der Waals surface area (Å²) in [5.74, 6) is 0.243. The number of thioether (sulfide) groups is 1. The van der Waals surface area contributed by atoms with Crippen molar-refractivity contribution in [1.82, 2.24) is 5.32 Å². The van der Waals surface area contributed by atoms with E-state index in [4.69, 9.17) is 14.2 Å². The fourth-order valence-electron chi connectivity index (χ4n) is 3.85. The number of hydrogen-bond donors (Lipinski definition) is 2. The molecule has 0 fully saturated rings. The molecule has 2 aromatic carbocycles. The zero-order chi connectivity index (χ0) is 22.5. The quantitative estimate of drug-likeness (QED) is 0.500. The van der Waals surface area contributed by atoms with Crippen LogP contribution in [0.5, 0.6) is 17.2 Å². The number of phenols is 1. The summed E-state index contributed by atoms with van der Waals surface area (Å²) in [6.45, 7) is 3.28. The fraction of sp³-hybridized carbons (Fsp3) is 0.304. The maximum absolute atomic E-state index is 12.8. The lowest BCUT2D eigenvalue weighted by molar-refractivity contribution is -0.124. The highest BCUT2D eigenvalue weighted by molar-refractivity contribution is 7.98. The number of nitrogens with one attached hydrogen (secondary N) is 1. The first kappa shape index (κ1) is 22.6. The summed E-state index contributed by atoms with van der Waals surface area (Å²) in [7, 11) is 2.96. The van der Waals surface area contributed by atoms with Gasteiger partial charge in [-0.15, -0.1) is 11.8 Å². The monoisotopic (exact) mass is 443 g/mol. The molecule has 0 saturated carbocycles. The van der Waals surface area contributed by atoms with Gasteiger partial charge in [0.05, 0.1) is 31.4 Å². The van der Waals surface area contributed by atoms with Crippen LogP contribution < -0.4 is 20.2 Å². The zero-order valence-corrected chi connectivity index (χ0v) is 18.5. The molecule has 2 aromatic rings. The van der Waals surface area contributed by atoms with Crippen LogP contribution in [0, 0.1) is 0 Å². The molecule has 1 aliphatic carbocycles. The van der Waals surface area contributed by atoms with Crippen molar-refractivity contribution in [3.63, 3.8) is 0 Å². The van der Waals surface area contributed by atoms with E-state index in [9.17, 15) is 14.7 Å². The molecular formula is C23H25NO6S. The molecule has 0 saturated heterocycles. The van der Waals surface area contributed by atoms with Crippen LogP contribution in [0.2, 0.25) is 0 Å². The van der Waals surface area contributed by atoms with Crippen molar-refractivity contribution in [3.05, 3.63) is 58.5 Å². The molecule has 1 unspecified atom stereocenters. The van der Waals surface area contributed by atoms with Crippen LogP contribution in [-0.2, 0) is 16.0 Å². The SMILES string of the molecule is C=COCC(=O)NC1CCc2cc(O)c(OC)c(OC)c2-c2ccc(SC)c(=O)cc21. The summed E-state index contributed by atoms with van der Waals surface area (Å²) >= 11 is 1.35. The highest BCUT2D eigenvalue weighted by Gasteiger charge is 2.29. The molecule has 3 rings (SSSR count). The number of methoxy groups -OCH3 is 2. The van der Waals surface area contributed by atoms with Gasteiger partial charge in [-0.2, -0.15) is 0 Å². The van der Waals surface area contributed by atoms with Gasteiger partial charge >= 0.3 is 0 Å². The molecule has 31 heavy (non-hydrogen) atoms. The van der Waals surface area contributed by atoms with Crippen LogP contribution >= 0.6 is 11.8 Å². The predicted octanol–water partition coefficient (Wildman–Crippen LogP) is 3.42. The molecule has 1 atom stereocenters. The van der Waals surface area contributed by atoms with Crippen LogP contribution in [0.1, 0.15) is 23.6 Å². The molecule has 164 valence electrons. The van der Waals surface area contributed by atoms with Gasteiger partial charge in [0.2, 0.25) is 5.75 Å². The Morgan fingerprint density at radius 1 is 1.29 bits per heavy atom. The summed E-state index contributed by atoms with van der Waals surface area (Å²) in [5, 5.41) is 13.4. The van der Waals surface area contributed by atoms with Gasteiger partial charge in [0.15, 0.2) is 23.5 Å². The summed E-state index contributed by atoms with van der Waals surface area (Å²) in [5.41, 5.74) is 2.83. The first-order chi connectivity index (χ1) is 14.9. The third-order valence-corrected chi connectivity index (χ3v) is 5.96. The summed E-state index contributed by atoms with van der Waals surface area (Å²) in [6, 6.07) is 6.39. The van der Waals surface area contributed by atoms with Crippen LogP contribution in [0.15, 0.2) is 46.8 Å². The van der Waals surface area contributed by atoms with Gasteiger partial charge in [-0.1, -0.05) is 12.6 Å². The average molecular weight is 444 g/mol. The molecule has 8 heteroatoms. The van der Waals surface area contributed by atoms with Crippen molar-refractivity contribution in [2.75, 3.05) is 27.1 Å². The molecule has 0 aliphatic heterocycles. The van der Waals surface area contributed by atoms with E-state index in [-0.39, 0.29) is 29.4 Å². The number of fused-ring (bicyclic) bond motifs is 3. The van der Waals surface area contributed by atoms with Crippen molar-refractivity contribution in [1.29, 1.82) is 0 Å². The van der Waals surface area contributed by atoms with E-state index in [1.165, 1.54) is 32.2 Å². The highest BCUT2D eigenvalue weighted by atomic mass is 32.2. The molecular weight excluding hydrogens is 418 g/mol. The van der Waals surface area contributed by atoms with Gasteiger partial charge < -0.3 is 24.6 Å². The van der Waals surface area contributed by atoms with Gasteiger partial charge in [0.25, 0.3) is 5.91 Å². The maximum Gasteiger partial charge on any atom is 0.258 e. The van der Waals surface area contributed by atoms with E-state index in [1.54, 1.807) is 18.2 Å². The minimum atomic E-state index is -0.434. The number of phenolic OH excluding ortho intramolecular Hbond substituents is 1. The highest BCUT2D eigenvalue weighted by Crippen LogP contribution is 2.49. The van der Waals surface area contributed by atoms with E-state index >= 15 is 0 Å². The smallest absolute Gasteiger partial charge is 0.258 e. The Morgan fingerprint density at radius 3 is 2.68 bits per heavy atom. The Labute approximate surface area is 185 Å². The lowest BCUT2D eigenvalue weighted by atomic mass is 9.95. The van der Waals surface area contributed by atoms with Crippen molar-refractivity contribution in [2.45, 2.75) is 23.8 Å². The van der Waals surface area contributed by atoms with Gasteiger partial charge in [-0.3, -0.25) is 9.59 Å². The van der Waals surface area contributed by atoms with Gasteiger partial charge in [0, 0.05) is 5.56 Å². The third-order valence-electron chi connectivity index (χ3n) is 5.18. The molecule has 0 bridgehead atoms. The molecule has 1 amide bonds. The summed E-state index contributed by atoms with van der Waals surface area (Å²) < 4.78 is 16.0. The summed E-state index contributed by atoms with van der Waals surface area (Å²) in [4.78, 5) is 25.8. The second-order valence-corrected chi connectivity index (χ2v) is 7.76. The van der Waals surface area contributed by atoms with E-state index in [1.807, 2.05) is 12.3 Å². The number of amides is 1. The van der Waals surface area contributed by atoms with Crippen molar-refractivity contribution >= 4 is 17.7 Å². The predicted molar refractivity (Wildman–Crippen MR) is 120 cm³/mol. The topological polar surface area (TPSA) is 94.1 Å². The Morgan fingerprint density at radius 2 is 2.03 bits per heavy atom. The standard InChI is InChI=1S/C23H25NO6S/c1-5-30-12-20(27)24-16-8-6-13-10-18(26)22(28-2)23(29-3)21(13)14-7-9-19(31-4)17(25)11-15(14)16/h5,7,9-11,16,26H,1,6,8,12H2,2-4H3,(H,24,27). The zero-order valence-electron chi connectivity index (χ0n) is 17.7. The molecule has 7 nitrogen and oxygen atoms in total. The Hall–Kier alpha value is -3.13. The second kappa shape index (κ2) is 9.78. The Kier molecular flexibility index (Phi) is 7.12. The van der Waals surface area contributed by atoms with Gasteiger partial charge in [0.1, 0.15) is 0 Å². The first-order valence-electron chi connectivity index (χ1n) is 9.66. The molecule has 1 aliphatic rings. The first-order valence-corrected chi connectivity index (χ1v) is 10.9. The van der Waals surface area contributed by atoms with E-state index in [0.717, 1.165) is 16.7 Å². The minimum Gasteiger partial charge on any atom is -0.504 e. The Balaban J connectivity index is 2.27. The van der Waals surface area contributed by atoms with Crippen LogP contribution in [0.25, 0.3) is 11.1 Å². The molecule has 0 aromatic heterocycles. The summed E-state index contributed by atoms with van der Waals surface area (Å²) in [6.07, 6.45) is 4.10. The van der Waals surface area contributed by atoms with Crippen LogP contribution in [-0.4, -0.2) is 38.1 Å². The number of benzene rings is 1. The normalized spacial score (nSPS) is 14.5. The number of aryl methyl sites for hydroxylation is 1. The largest absolute Gasteiger partial charge is 0.504 e. The van der Waals surface area contributed by atoms with E-state index in [0.29, 0.717) is 29.1 Å². The van der Waals surface area contributed by atoms with E-state index in [2.05, 4.69) is 11.9 Å². The lowest BCUT2D eigenvalue weighted by Crippen LogP contribution is -2.31. The van der Waals surface area contributed by atoms with E-state index < -0.39 is 6.04 Å². The van der Waals surface area contributed by atoms with Crippen molar-refractivity contribution in [2.24, 2.45) is 0 Å². The van der Waals surface area contributed by atoms with Crippen molar-refractivity contribution < 1.29 is 24.1 Å². The van der Waals surface area contributed by atoms with Gasteiger partial charge in [-0.05, 0) is 54.0 Å². The van der Waals surface area contributed by atoms with Crippen molar-refractivity contribution in [3.8, 4) is 28.4 Å². The average Bonchev–Trinajstić information content (AvgIpc) is 3.00. The minimum absolute atomic E-state index is 0.0314. The number of aromatic hydroxyl groups is 1. The third kappa shape index (κ3) is 4.49.